The van der Waals surface area contributed by atoms with Crippen LogP contribution in [0.25, 0.3) is 0 Å². The van der Waals surface area contributed by atoms with Crippen LogP contribution in [0.1, 0.15) is 37.0 Å². The van der Waals surface area contributed by atoms with Gasteiger partial charge in [-0.2, -0.15) is 0 Å². The van der Waals surface area contributed by atoms with E-state index in [-0.39, 0.29) is 11.2 Å². The number of carbonyl (C=O) groups is 1. The van der Waals surface area contributed by atoms with E-state index in [9.17, 15) is 4.79 Å². The summed E-state index contributed by atoms with van der Waals surface area (Å²) in [6.07, 6.45) is 2.28. The Bertz CT molecular complexity index is 431. The fourth-order valence-corrected chi connectivity index (χ4v) is 2.77. The highest BCUT2D eigenvalue weighted by Crippen LogP contribution is 2.35. The van der Waals surface area contributed by atoms with Gasteiger partial charge in [-0.1, -0.05) is 13.8 Å². The number of piperidine rings is 1. The monoisotopic (exact) mass is 261 g/mol. The molecule has 0 saturated carbocycles. The van der Waals surface area contributed by atoms with Crippen LogP contribution in [-0.4, -0.2) is 26.0 Å². The molecule has 1 saturated heterocycles. The number of methoxy groups -OCH3 is 1. The number of hydrogen-bond donors (Lipinski definition) is 1. The molecule has 1 aromatic rings. The largest absolute Gasteiger partial charge is 0.497 e. The van der Waals surface area contributed by atoms with Crippen molar-refractivity contribution in [3.63, 3.8) is 0 Å². The summed E-state index contributed by atoms with van der Waals surface area (Å²) in [5.74, 6) is 1.42. The average Bonchev–Trinajstić information content (AvgIpc) is 2.47. The van der Waals surface area contributed by atoms with E-state index in [1.54, 1.807) is 7.11 Å². The molecule has 1 N–H and O–H groups in total. The molecular formula is C16H23NO2. The Morgan fingerprint density at radius 2 is 2.00 bits per heavy atom. The Labute approximate surface area is 115 Å². The van der Waals surface area contributed by atoms with E-state index >= 15 is 0 Å². The van der Waals surface area contributed by atoms with E-state index in [0.29, 0.717) is 5.92 Å². The molecular weight excluding hydrogens is 238 g/mol. The number of hydrogen-bond acceptors (Lipinski definition) is 3. The first-order chi connectivity index (χ1) is 9.05. The molecule has 1 aliphatic heterocycles. The molecule has 0 radical (unpaired) electrons. The summed E-state index contributed by atoms with van der Waals surface area (Å²) in [5, 5.41) is 3.39. The molecule has 3 heteroatoms. The van der Waals surface area contributed by atoms with Crippen LogP contribution in [0.5, 0.6) is 5.75 Å². The average molecular weight is 261 g/mol. The molecule has 19 heavy (non-hydrogen) atoms. The maximum Gasteiger partial charge on any atom is 0.168 e. The van der Waals surface area contributed by atoms with Crippen molar-refractivity contribution in [2.75, 3.05) is 20.2 Å². The van der Waals surface area contributed by atoms with Crippen molar-refractivity contribution in [3.05, 3.63) is 29.8 Å². The van der Waals surface area contributed by atoms with Crippen LogP contribution in [0.3, 0.4) is 0 Å². The number of ketones is 1. The van der Waals surface area contributed by atoms with Crippen LogP contribution in [0.4, 0.5) is 0 Å². The van der Waals surface area contributed by atoms with E-state index in [4.69, 9.17) is 4.74 Å². The molecule has 1 heterocycles. The van der Waals surface area contributed by atoms with Crippen molar-refractivity contribution in [1.82, 2.24) is 5.32 Å². The second-order valence-corrected chi connectivity index (χ2v) is 5.82. The molecule has 104 valence electrons. The van der Waals surface area contributed by atoms with Gasteiger partial charge in [-0.15, -0.1) is 0 Å². The van der Waals surface area contributed by atoms with Gasteiger partial charge in [0, 0.05) is 11.0 Å². The van der Waals surface area contributed by atoms with Gasteiger partial charge in [-0.05, 0) is 56.1 Å². The van der Waals surface area contributed by atoms with Crippen molar-refractivity contribution < 1.29 is 9.53 Å². The zero-order chi connectivity index (χ0) is 13.9. The molecule has 0 bridgehead atoms. The van der Waals surface area contributed by atoms with E-state index in [1.165, 1.54) is 0 Å². The van der Waals surface area contributed by atoms with Gasteiger partial charge in [0.15, 0.2) is 5.78 Å². The fourth-order valence-electron chi connectivity index (χ4n) is 2.77. The Hall–Kier alpha value is -1.35. The summed E-state index contributed by atoms with van der Waals surface area (Å²) < 4.78 is 5.13. The van der Waals surface area contributed by atoms with Gasteiger partial charge >= 0.3 is 0 Å². The van der Waals surface area contributed by atoms with Crippen LogP contribution >= 0.6 is 0 Å². The summed E-state index contributed by atoms with van der Waals surface area (Å²) in [4.78, 5) is 12.7. The van der Waals surface area contributed by atoms with Crippen molar-refractivity contribution in [2.24, 2.45) is 11.3 Å². The van der Waals surface area contributed by atoms with E-state index < -0.39 is 0 Å². The summed E-state index contributed by atoms with van der Waals surface area (Å²) in [6.45, 7) is 6.15. The number of benzene rings is 1. The molecule has 1 unspecified atom stereocenters. The first-order valence-corrected chi connectivity index (χ1v) is 6.95. The zero-order valence-electron chi connectivity index (χ0n) is 12.0. The SMILES string of the molecule is COc1ccc(C(=O)C(C)(C)C2CCCNC2)cc1. The number of rotatable bonds is 4. The quantitative estimate of drug-likeness (QED) is 0.847. The first kappa shape index (κ1) is 14.1. The fraction of sp³-hybridized carbons (Fsp3) is 0.562. The van der Waals surface area contributed by atoms with Gasteiger partial charge in [-0.3, -0.25) is 4.79 Å². The molecule has 1 fully saturated rings. The molecule has 0 aromatic heterocycles. The van der Waals surface area contributed by atoms with Gasteiger partial charge in [0.2, 0.25) is 0 Å². The number of ether oxygens (including phenoxy) is 1. The Kier molecular flexibility index (Phi) is 4.25. The van der Waals surface area contributed by atoms with E-state index in [1.807, 2.05) is 24.3 Å². The highest BCUT2D eigenvalue weighted by Gasteiger charge is 2.37. The molecule has 2 rings (SSSR count). The van der Waals surface area contributed by atoms with Crippen molar-refractivity contribution in [2.45, 2.75) is 26.7 Å². The van der Waals surface area contributed by atoms with Crippen molar-refractivity contribution in [1.29, 1.82) is 0 Å². The molecule has 3 nitrogen and oxygen atoms in total. The van der Waals surface area contributed by atoms with Crippen molar-refractivity contribution >= 4 is 5.78 Å². The third-order valence-electron chi connectivity index (χ3n) is 4.25. The molecule has 1 aromatic carbocycles. The predicted octanol–water partition coefficient (Wildman–Crippen LogP) is 2.90. The second kappa shape index (κ2) is 5.74. The predicted molar refractivity (Wildman–Crippen MR) is 76.7 cm³/mol. The third-order valence-corrected chi connectivity index (χ3v) is 4.25. The molecule has 0 spiro atoms. The summed E-state index contributed by atoms with van der Waals surface area (Å²) >= 11 is 0. The van der Waals surface area contributed by atoms with Crippen LogP contribution in [0, 0.1) is 11.3 Å². The maximum absolute atomic E-state index is 12.7. The van der Waals surface area contributed by atoms with E-state index in [2.05, 4.69) is 19.2 Å². The summed E-state index contributed by atoms with van der Waals surface area (Å²) in [7, 11) is 1.63. The Morgan fingerprint density at radius 3 is 2.53 bits per heavy atom. The van der Waals surface area contributed by atoms with Crippen LogP contribution in [0.15, 0.2) is 24.3 Å². The summed E-state index contributed by atoms with van der Waals surface area (Å²) in [6, 6.07) is 7.42. The van der Waals surface area contributed by atoms with Gasteiger partial charge in [0.05, 0.1) is 7.11 Å². The van der Waals surface area contributed by atoms with Crippen LogP contribution in [-0.2, 0) is 0 Å². The number of carbonyl (C=O) groups excluding carboxylic acids is 1. The lowest BCUT2D eigenvalue weighted by Crippen LogP contribution is -2.42. The highest BCUT2D eigenvalue weighted by atomic mass is 16.5. The maximum atomic E-state index is 12.7. The van der Waals surface area contributed by atoms with Crippen LogP contribution < -0.4 is 10.1 Å². The lowest BCUT2D eigenvalue weighted by atomic mass is 9.70. The molecule has 0 aliphatic carbocycles. The lowest BCUT2D eigenvalue weighted by molar-refractivity contribution is 0.0708. The van der Waals surface area contributed by atoms with Crippen LogP contribution in [0.2, 0.25) is 0 Å². The second-order valence-electron chi connectivity index (χ2n) is 5.82. The Balaban J connectivity index is 2.15. The van der Waals surface area contributed by atoms with Crippen molar-refractivity contribution in [3.8, 4) is 5.75 Å². The van der Waals surface area contributed by atoms with Gasteiger partial charge in [0.25, 0.3) is 0 Å². The normalized spacial score (nSPS) is 20.1. The molecule has 1 atom stereocenters. The lowest BCUT2D eigenvalue weighted by Gasteiger charge is -2.36. The smallest absolute Gasteiger partial charge is 0.168 e. The number of Topliss-reactive ketones (excluding diaryl/α,β-unsaturated/α-hetero) is 1. The first-order valence-electron chi connectivity index (χ1n) is 6.95. The third kappa shape index (κ3) is 2.98. The topological polar surface area (TPSA) is 38.3 Å². The standard InChI is InChI=1S/C16H23NO2/c1-16(2,13-5-4-10-17-11-13)15(18)12-6-8-14(19-3)9-7-12/h6-9,13,17H,4-5,10-11H2,1-3H3. The summed E-state index contributed by atoms with van der Waals surface area (Å²) in [5.41, 5.74) is 0.457. The Morgan fingerprint density at radius 1 is 1.32 bits per heavy atom. The zero-order valence-corrected chi connectivity index (χ0v) is 12.0. The van der Waals surface area contributed by atoms with Gasteiger partial charge < -0.3 is 10.1 Å². The van der Waals surface area contributed by atoms with E-state index in [0.717, 1.165) is 37.2 Å². The molecule has 1 aliphatic rings. The minimum absolute atomic E-state index is 0.226. The molecule has 0 amide bonds. The van der Waals surface area contributed by atoms with Gasteiger partial charge in [0.1, 0.15) is 5.75 Å². The highest BCUT2D eigenvalue weighted by molar-refractivity contribution is 6.00. The minimum Gasteiger partial charge on any atom is -0.497 e. The van der Waals surface area contributed by atoms with Gasteiger partial charge in [-0.25, -0.2) is 0 Å². The number of nitrogens with one attached hydrogen (secondary N) is 1. The minimum atomic E-state index is -0.317.